The van der Waals surface area contributed by atoms with E-state index in [4.69, 9.17) is 0 Å². The van der Waals surface area contributed by atoms with Crippen LogP contribution in [0.5, 0.6) is 0 Å². The molecule has 1 nitrogen and oxygen atoms in total. The lowest BCUT2D eigenvalue weighted by molar-refractivity contribution is -0.321. The molecule has 0 N–H and O–H groups in total. The van der Waals surface area contributed by atoms with E-state index in [1.54, 1.807) is 0 Å². The first kappa shape index (κ1) is 6.22. The van der Waals surface area contributed by atoms with Crippen molar-refractivity contribution in [3.05, 3.63) is 0 Å². The van der Waals surface area contributed by atoms with Crippen LogP contribution in [0.25, 0.3) is 0 Å². The third kappa shape index (κ3) is 0.285. The summed E-state index contributed by atoms with van der Waals surface area (Å²) in [6.07, 6.45) is 5.05. The molecule has 4 bridgehead atoms. The molecular weight excluding hydrogens is 136 g/mol. The van der Waals surface area contributed by atoms with E-state index < -0.39 is 0 Å². The molecule has 5 saturated carbocycles. The second-order valence-corrected chi connectivity index (χ2v) is 5.18. The zero-order valence-corrected chi connectivity index (χ0v) is 7.18. The van der Waals surface area contributed by atoms with Crippen molar-refractivity contribution >= 4 is 6.29 Å². The van der Waals surface area contributed by atoms with Gasteiger partial charge in [-0.1, -0.05) is 13.8 Å². The van der Waals surface area contributed by atoms with Crippen LogP contribution in [0.4, 0.5) is 0 Å². The van der Waals surface area contributed by atoms with Crippen molar-refractivity contribution in [1.82, 2.24) is 0 Å². The van der Waals surface area contributed by atoms with Crippen molar-refractivity contribution in [2.24, 2.45) is 22.2 Å². The van der Waals surface area contributed by atoms with Gasteiger partial charge in [0.15, 0.2) is 0 Å². The van der Waals surface area contributed by atoms with Crippen molar-refractivity contribution in [3.63, 3.8) is 0 Å². The van der Waals surface area contributed by atoms with E-state index in [9.17, 15) is 4.79 Å². The Hall–Kier alpha value is -0.330. The lowest BCUT2D eigenvalue weighted by atomic mass is 9.22. The molecule has 0 aromatic rings. The summed E-state index contributed by atoms with van der Waals surface area (Å²) in [7, 11) is 0. The van der Waals surface area contributed by atoms with Gasteiger partial charge in [-0.3, -0.25) is 0 Å². The number of carbonyl (C=O) groups excluding carboxylic acids is 1. The van der Waals surface area contributed by atoms with Crippen LogP contribution >= 0.6 is 0 Å². The Morgan fingerprint density at radius 1 is 1.45 bits per heavy atom. The molecule has 5 aliphatic rings. The van der Waals surface area contributed by atoms with Crippen molar-refractivity contribution < 1.29 is 4.79 Å². The number of carbonyl (C=O) groups is 1. The first-order valence-corrected chi connectivity index (χ1v) is 4.57. The van der Waals surface area contributed by atoms with Crippen molar-refractivity contribution in [1.29, 1.82) is 0 Å². The second kappa shape index (κ2) is 1.19. The van der Waals surface area contributed by atoms with Crippen LogP contribution in [-0.2, 0) is 4.79 Å². The Kier molecular flexibility index (Phi) is 0.675. The van der Waals surface area contributed by atoms with Crippen LogP contribution in [0, 0.1) is 22.2 Å². The topological polar surface area (TPSA) is 17.1 Å². The fourth-order valence-electron chi connectivity index (χ4n) is 4.58. The Labute approximate surface area is 67.2 Å². The first-order chi connectivity index (χ1) is 5.11. The number of aldehydes is 1. The van der Waals surface area contributed by atoms with E-state index >= 15 is 0 Å². The largest absolute Gasteiger partial charge is 0.303 e. The lowest BCUT2D eigenvalue weighted by Gasteiger charge is -2.80. The summed E-state index contributed by atoms with van der Waals surface area (Å²) in [5, 5.41) is 0. The first-order valence-electron chi connectivity index (χ1n) is 4.57. The molecule has 60 valence electrons. The van der Waals surface area contributed by atoms with Crippen molar-refractivity contribution in [3.8, 4) is 0 Å². The minimum Gasteiger partial charge on any atom is -0.303 e. The highest BCUT2D eigenvalue weighted by Crippen LogP contribution is 2.92. The molecule has 0 aromatic heterocycles. The van der Waals surface area contributed by atoms with Gasteiger partial charge >= 0.3 is 0 Å². The van der Waals surface area contributed by atoms with Gasteiger partial charge in [0.2, 0.25) is 0 Å². The van der Waals surface area contributed by atoms with Gasteiger partial charge in [-0.2, -0.15) is 0 Å². The van der Waals surface area contributed by atoms with Gasteiger partial charge in [0.1, 0.15) is 6.29 Å². The van der Waals surface area contributed by atoms with E-state index in [1.165, 1.54) is 25.5 Å². The fraction of sp³-hybridized carbons (Fsp3) is 0.900. The minimum atomic E-state index is 0.155. The maximum Gasteiger partial charge on any atom is 0.127 e. The van der Waals surface area contributed by atoms with Crippen LogP contribution in [0.15, 0.2) is 0 Å². The number of fused-ring (bicyclic) bond motifs is 1. The van der Waals surface area contributed by atoms with Crippen molar-refractivity contribution in [2.75, 3.05) is 0 Å². The Bertz CT molecular complexity index is 260. The molecule has 0 aliphatic heterocycles. The van der Waals surface area contributed by atoms with E-state index in [2.05, 4.69) is 13.8 Å². The monoisotopic (exact) mass is 150 g/mol. The quantitative estimate of drug-likeness (QED) is 0.522. The van der Waals surface area contributed by atoms with Gasteiger partial charge in [-0.15, -0.1) is 0 Å². The Balaban J connectivity index is 2.14. The highest BCUT2D eigenvalue weighted by molar-refractivity contribution is 5.72. The normalized spacial score (nSPS) is 70.2. The number of hydrogen-bond acceptors (Lipinski definition) is 1. The molecular formula is C10H14O. The van der Waals surface area contributed by atoms with Crippen LogP contribution in [-0.4, -0.2) is 6.29 Å². The van der Waals surface area contributed by atoms with Crippen LogP contribution in [0.1, 0.15) is 33.1 Å². The SMILES string of the molecule is CC12CC3(C=O)C1CCC23C. The molecule has 0 radical (unpaired) electrons. The molecule has 0 saturated heterocycles. The summed E-state index contributed by atoms with van der Waals surface area (Å²) in [4.78, 5) is 11.0. The van der Waals surface area contributed by atoms with Gasteiger partial charge in [0.25, 0.3) is 0 Å². The second-order valence-electron chi connectivity index (χ2n) is 5.18. The third-order valence-corrected chi connectivity index (χ3v) is 5.48. The fourth-order valence-corrected chi connectivity index (χ4v) is 4.58. The zero-order valence-electron chi connectivity index (χ0n) is 7.18. The van der Waals surface area contributed by atoms with E-state index in [0.29, 0.717) is 10.8 Å². The minimum absolute atomic E-state index is 0.155. The molecule has 1 heteroatoms. The van der Waals surface area contributed by atoms with E-state index in [1.807, 2.05) is 0 Å². The zero-order chi connectivity index (χ0) is 7.91. The van der Waals surface area contributed by atoms with Crippen molar-refractivity contribution in [2.45, 2.75) is 33.1 Å². The lowest BCUT2D eigenvalue weighted by Crippen LogP contribution is -2.78. The van der Waals surface area contributed by atoms with Gasteiger partial charge < -0.3 is 4.79 Å². The molecule has 11 heavy (non-hydrogen) atoms. The number of hydrogen-bond donors (Lipinski definition) is 0. The molecule has 5 rings (SSSR count). The summed E-state index contributed by atoms with van der Waals surface area (Å²) in [5.41, 5.74) is 1.13. The highest BCUT2D eigenvalue weighted by Gasteiger charge is 2.88. The predicted octanol–water partition coefficient (Wildman–Crippen LogP) is 2.01. The van der Waals surface area contributed by atoms with Gasteiger partial charge in [-0.05, 0) is 36.0 Å². The Morgan fingerprint density at radius 2 is 2.18 bits per heavy atom. The van der Waals surface area contributed by atoms with E-state index in [-0.39, 0.29) is 5.41 Å². The standard InChI is InChI=1S/C10H14O/c1-8-5-10(6-11)7(8)3-4-9(8,10)2/h6-7H,3-5H2,1-2H3. The molecule has 0 amide bonds. The summed E-state index contributed by atoms with van der Waals surface area (Å²) in [5.74, 6) is 0.762. The molecule has 0 spiro atoms. The summed E-state index contributed by atoms with van der Waals surface area (Å²) < 4.78 is 0. The predicted molar refractivity (Wildman–Crippen MR) is 42.1 cm³/mol. The number of rotatable bonds is 1. The molecule has 0 aromatic carbocycles. The van der Waals surface area contributed by atoms with Gasteiger partial charge in [-0.25, -0.2) is 0 Å². The average Bonchev–Trinajstić information content (AvgIpc) is 2.34. The van der Waals surface area contributed by atoms with Gasteiger partial charge in [0.05, 0.1) is 0 Å². The van der Waals surface area contributed by atoms with Gasteiger partial charge in [0, 0.05) is 5.41 Å². The molecule has 4 unspecified atom stereocenters. The van der Waals surface area contributed by atoms with Crippen LogP contribution in [0.3, 0.4) is 0 Å². The van der Waals surface area contributed by atoms with E-state index in [0.717, 1.165) is 5.92 Å². The average molecular weight is 150 g/mol. The maximum atomic E-state index is 11.0. The molecule has 4 atom stereocenters. The summed E-state index contributed by atoms with van der Waals surface area (Å²) in [6, 6.07) is 0. The molecule has 5 fully saturated rings. The van der Waals surface area contributed by atoms with Crippen LogP contribution < -0.4 is 0 Å². The third-order valence-electron chi connectivity index (χ3n) is 5.48. The summed E-state index contributed by atoms with van der Waals surface area (Å²) >= 11 is 0. The molecule has 5 aliphatic carbocycles. The smallest absolute Gasteiger partial charge is 0.127 e. The van der Waals surface area contributed by atoms with Crippen LogP contribution in [0.2, 0.25) is 0 Å². The molecule has 0 heterocycles. The maximum absolute atomic E-state index is 11.0. The Morgan fingerprint density at radius 3 is 2.45 bits per heavy atom. The summed E-state index contributed by atoms with van der Waals surface area (Å²) in [6.45, 7) is 4.68. The highest BCUT2D eigenvalue weighted by atomic mass is 16.1.